The number of benzene rings is 1. The summed E-state index contributed by atoms with van der Waals surface area (Å²) in [7, 11) is 0. The van der Waals surface area contributed by atoms with E-state index >= 15 is 0 Å². The van der Waals surface area contributed by atoms with E-state index in [9.17, 15) is 4.79 Å². The molecule has 1 saturated heterocycles. The number of pyridine rings is 1. The number of nitrogens with one attached hydrogen (secondary N) is 2. The molecule has 2 aromatic rings. The molecule has 1 aromatic heterocycles. The van der Waals surface area contributed by atoms with E-state index in [1.807, 2.05) is 36.4 Å². The third-order valence-corrected chi connectivity index (χ3v) is 4.25. The molecule has 0 spiro atoms. The maximum absolute atomic E-state index is 12.0. The van der Waals surface area contributed by atoms with Crippen LogP contribution in [-0.4, -0.2) is 49.4 Å². The van der Waals surface area contributed by atoms with E-state index in [1.165, 1.54) is 0 Å². The zero-order valence-electron chi connectivity index (χ0n) is 14.5. The highest BCUT2D eigenvalue weighted by molar-refractivity contribution is 5.80. The van der Waals surface area contributed by atoms with Crippen molar-refractivity contribution in [3.63, 3.8) is 0 Å². The minimum absolute atomic E-state index is 0.105. The van der Waals surface area contributed by atoms with Gasteiger partial charge in [-0.3, -0.25) is 4.79 Å². The van der Waals surface area contributed by atoms with Gasteiger partial charge in [0.05, 0.1) is 18.2 Å². The molecule has 1 amide bonds. The monoisotopic (exact) mass is 343 g/mol. The van der Waals surface area contributed by atoms with Gasteiger partial charge in [-0.1, -0.05) is 18.2 Å². The second kappa shape index (κ2) is 8.78. The minimum atomic E-state index is -0.469. The molecule has 1 aliphatic rings. The molecule has 6 nitrogen and oxygen atoms in total. The summed E-state index contributed by atoms with van der Waals surface area (Å²) >= 11 is 0. The number of carbonyl (C=O) groups is 1. The Bertz CT molecular complexity index is 701. The van der Waals surface area contributed by atoms with E-state index in [0.29, 0.717) is 19.7 Å². The molecule has 1 aliphatic heterocycles. The summed E-state index contributed by atoms with van der Waals surface area (Å²) in [5, 5.41) is 7.20. The van der Waals surface area contributed by atoms with Crippen LogP contribution >= 0.6 is 0 Å². The Kier molecular flexibility index (Phi) is 6.19. The molecule has 25 heavy (non-hydrogen) atoms. The van der Waals surface area contributed by atoms with Crippen molar-refractivity contribution in [1.29, 1.82) is 0 Å². The van der Waals surface area contributed by atoms with E-state index < -0.39 is 6.10 Å². The molecule has 1 fully saturated rings. The van der Waals surface area contributed by atoms with Crippen LogP contribution in [0.4, 0.5) is 5.82 Å². The Morgan fingerprint density at radius 1 is 1.32 bits per heavy atom. The zero-order chi connectivity index (χ0) is 17.5. The summed E-state index contributed by atoms with van der Waals surface area (Å²) in [5.41, 5.74) is 0.952. The average Bonchev–Trinajstić information content (AvgIpc) is 3.16. The number of carbonyl (C=O) groups excluding carboxylic acids is 1. The fourth-order valence-corrected chi connectivity index (χ4v) is 2.79. The normalized spacial score (nSPS) is 18.2. The summed E-state index contributed by atoms with van der Waals surface area (Å²) in [6.07, 6.45) is 1.75. The molecule has 0 saturated carbocycles. The highest BCUT2D eigenvalue weighted by Crippen LogP contribution is 2.14. The molecule has 0 bridgehead atoms. The van der Waals surface area contributed by atoms with E-state index in [1.54, 1.807) is 6.92 Å². The lowest BCUT2D eigenvalue weighted by molar-refractivity contribution is -0.133. The lowest BCUT2D eigenvalue weighted by Crippen LogP contribution is -2.38. The van der Waals surface area contributed by atoms with Gasteiger partial charge in [0, 0.05) is 25.1 Å². The highest BCUT2D eigenvalue weighted by Gasteiger charge is 2.19. The molecule has 1 aromatic carbocycles. The van der Waals surface area contributed by atoms with Crippen molar-refractivity contribution in [2.45, 2.75) is 32.0 Å². The first-order valence-corrected chi connectivity index (χ1v) is 8.83. The molecule has 3 rings (SSSR count). The van der Waals surface area contributed by atoms with Crippen molar-refractivity contribution in [2.24, 2.45) is 0 Å². The number of ether oxygens (including phenoxy) is 2. The molecule has 134 valence electrons. The second-order valence-electron chi connectivity index (χ2n) is 6.22. The van der Waals surface area contributed by atoms with Crippen LogP contribution in [0, 0.1) is 0 Å². The third-order valence-electron chi connectivity index (χ3n) is 4.25. The Morgan fingerprint density at radius 2 is 2.20 bits per heavy atom. The van der Waals surface area contributed by atoms with Gasteiger partial charge >= 0.3 is 0 Å². The number of nitrogens with zero attached hydrogens (tertiary/aromatic N) is 1. The SMILES string of the molecule is C[C@@H](OC[C@H]1CCCO1)C(=O)NCCNc1ccc2ccccc2n1. The van der Waals surface area contributed by atoms with Crippen LogP contribution in [0.15, 0.2) is 36.4 Å². The quantitative estimate of drug-likeness (QED) is 0.720. The van der Waals surface area contributed by atoms with Crippen molar-refractivity contribution in [2.75, 3.05) is 31.6 Å². The fraction of sp³-hybridized carbons (Fsp3) is 0.474. The van der Waals surface area contributed by atoms with Gasteiger partial charge < -0.3 is 20.1 Å². The Hall–Kier alpha value is -2.18. The Morgan fingerprint density at radius 3 is 3.04 bits per heavy atom. The number of hydrogen-bond donors (Lipinski definition) is 2. The van der Waals surface area contributed by atoms with Gasteiger partial charge in [0.15, 0.2) is 0 Å². The van der Waals surface area contributed by atoms with Crippen molar-refractivity contribution in [3.8, 4) is 0 Å². The molecular formula is C19H25N3O3. The molecular weight excluding hydrogens is 318 g/mol. The summed E-state index contributed by atoms with van der Waals surface area (Å²) in [6.45, 7) is 4.16. The van der Waals surface area contributed by atoms with Crippen molar-refractivity contribution < 1.29 is 14.3 Å². The van der Waals surface area contributed by atoms with Gasteiger partial charge in [0.2, 0.25) is 5.91 Å². The van der Waals surface area contributed by atoms with Crippen LogP contribution in [-0.2, 0) is 14.3 Å². The van der Waals surface area contributed by atoms with Crippen LogP contribution in [0.3, 0.4) is 0 Å². The molecule has 2 heterocycles. The fourth-order valence-electron chi connectivity index (χ4n) is 2.79. The van der Waals surface area contributed by atoms with Crippen molar-refractivity contribution in [3.05, 3.63) is 36.4 Å². The summed E-state index contributed by atoms with van der Waals surface area (Å²) in [4.78, 5) is 16.6. The van der Waals surface area contributed by atoms with Gasteiger partial charge in [-0.25, -0.2) is 4.98 Å². The maximum atomic E-state index is 12.0. The molecule has 6 heteroatoms. The molecule has 0 radical (unpaired) electrons. The van der Waals surface area contributed by atoms with Crippen LogP contribution in [0.2, 0.25) is 0 Å². The number of hydrogen-bond acceptors (Lipinski definition) is 5. The van der Waals surface area contributed by atoms with Crippen molar-refractivity contribution >= 4 is 22.6 Å². The van der Waals surface area contributed by atoms with Gasteiger partial charge in [0.25, 0.3) is 0 Å². The van der Waals surface area contributed by atoms with Crippen LogP contribution in [0.1, 0.15) is 19.8 Å². The van der Waals surface area contributed by atoms with Gasteiger partial charge in [-0.15, -0.1) is 0 Å². The molecule has 0 aliphatic carbocycles. The molecule has 0 unspecified atom stereocenters. The summed E-state index contributed by atoms with van der Waals surface area (Å²) in [5.74, 6) is 0.696. The second-order valence-corrected chi connectivity index (χ2v) is 6.22. The molecule has 2 atom stereocenters. The standard InChI is InChI=1S/C19H25N3O3/c1-14(25-13-16-6-4-12-24-16)19(23)21-11-10-20-18-9-8-15-5-2-3-7-17(15)22-18/h2-3,5,7-9,14,16H,4,6,10-13H2,1H3,(H,20,22)(H,21,23)/t14-,16-/m1/s1. The molecule has 2 N–H and O–H groups in total. The van der Waals surface area contributed by atoms with E-state index in [4.69, 9.17) is 9.47 Å². The zero-order valence-corrected chi connectivity index (χ0v) is 14.5. The van der Waals surface area contributed by atoms with E-state index in [2.05, 4.69) is 15.6 Å². The number of fused-ring (bicyclic) bond motifs is 1. The topological polar surface area (TPSA) is 72.5 Å². The van der Waals surface area contributed by atoms with Crippen molar-refractivity contribution in [1.82, 2.24) is 10.3 Å². The van der Waals surface area contributed by atoms with E-state index in [-0.39, 0.29) is 12.0 Å². The van der Waals surface area contributed by atoms with Crippen LogP contribution in [0.5, 0.6) is 0 Å². The van der Waals surface area contributed by atoms with Gasteiger partial charge in [-0.2, -0.15) is 0 Å². The Balaban J connectivity index is 1.35. The first-order chi connectivity index (χ1) is 12.2. The number of para-hydroxylation sites is 1. The first kappa shape index (κ1) is 17.6. The largest absolute Gasteiger partial charge is 0.376 e. The van der Waals surface area contributed by atoms with Gasteiger partial charge in [-0.05, 0) is 38.0 Å². The van der Waals surface area contributed by atoms with Gasteiger partial charge in [0.1, 0.15) is 11.9 Å². The predicted octanol–water partition coefficient (Wildman–Crippen LogP) is 2.35. The lowest BCUT2D eigenvalue weighted by atomic mass is 10.2. The number of aromatic nitrogens is 1. The number of rotatable bonds is 8. The third kappa shape index (κ3) is 5.14. The minimum Gasteiger partial charge on any atom is -0.376 e. The average molecular weight is 343 g/mol. The summed E-state index contributed by atoms with van der Waals surface area (Å²) < 4.78 is 11.1. The predicted molar refractivity (Wildman–Crippen MR) is 97.6 cm³/mol. The number of anilines is 1. The number of amides is 1. The van der Waals surface area contributed by atoms with Crippen LogP contribution in [0.25, 0.3) is 10.9 Å². The highest BCUT2D eigenvalue weighted by atomic mass is 16.5. The Labute approximate surface area is 147 Å². The van der Waals surface area contributed by atoms with Crippen LogP contribution < -0.4 is 10.6 Å². The smallest absolute Gasteiger partial charge is 0.248 e. The first-order valence-electron chi connectivity index (χ1n) is 8.83. The lowest BCUT2D eigenvalue weighted by Gasteiger charge is -2.16. The summed E-state index contributed by atoms with van der Waals surface area (Å²) in [6, 6.07) is 12.0. The van der Waals surface area contributed by atoms with E-state index in [0.717, 1.165) is 36.2 Å². The maximum Gasteiger partial charge on any atom is 0.248 e.